The topological polar surface area (TPSA) is 61.6 Å². The Morgan fingerprint density at radius 3 is 2.33 bits per heavy atom. The van der Waals surface area contributed by atoms with Crippen molar-refractivity contribution in [2.24, 2.45) is 0 Å². The minimum Gasteiger partial charge on any atom is -0.397 e. The Morgan fingerprint density at radius 1 is 1.04 bits per heavy atom. The average Bonchev–Trinajstić information content (AvgIpc) is 2.69. The highest BCUT2D eigenvalue weighted by Gasteiger charge is 2.20. The highest BCUT2D eigenvalue weighted by atomic mass is 16.1. The number of nitrogens with zero attached hydrogens (tertiary/aromatic N) is 2. The number of amides is 1. The summed E-state index contributed by atoms with van der Waals surface area (Å²) in [4.78, 5) is 16.9. The monoisotopic (exact) mass is 366 g/mol. The Bertz CT molecular complexity index is 782. The molecule has 1 saturated heterocycles. The van der Waals surface area contributed by atoms with Crippen molar-refractivity contribution in [1.29, 1.82) is 0 Å². The van der Waals surface area contributed by atoms with E-state index in [1.165, 1.54) is 11.3 Å². The number of anilines is 3. The fraction of sp³-hybridized carbons (Fsp3) is 0.409. The van der Waals surface area contributed by atoms with Crippen LogP contribution < -0.4 is 20.9 Å². The zero-order valence-electron chi connectivity index (χ0n) is 16.4. The first-order chi connectivity index (χ1) is 13.1. The molecule has 144 valence electrons. The Labute approximate surface area is 162 Å². The third kappa shape index (κ3) is 4.54. The standard InChI is InChI=1S/C22H30N4O/c1-3-4-11-24-22(27)18-9-10-21(19(23)16-18)26-14-12-25(13-15-26)20-8-6-5-7-17(20)2/h5-10,16H,3-4,11-15,23H2,1-2H3,(H,24,27). The molecule has 0 aromatic heterocycles. The molecule has 1 aliphatic heterocycles. The van der Waals surface area contributed by atoms with Gasteiger partial charge in [-0.25, -0.2) is 0 Å². The predicted octanol–water partition coefficient (Wildman–Crippen LogP) is 3.43. The van der Waals surface area contributed by atoms with Crippen LogP contribution in [0.3, 0.4) is 0 Å². The maximum Gasteiger partial charge on any atom is 0.251 e. The first-order valence-electron chi connectivity index (χ1n) is 9.83. The Hall–Kier alpha value is -2.69. The Morgan fingerprint density at radius 2 is 1.70 bits per heavy atom. The summed E-state index contributed by atoms with van der Waals surface area (Å²) >= 11 is 0. The van der Waals surface area contributed by atoms with Crippen molar-refractivity contribution in [3.05, 3.63) is 53.6 Å². The van der Waals surface area contributed by atoms with E-state index < -0.39 is 0 Å². The fourth-order valence-corrected chi connectivity index (χ4v) is 3.57. The number of aryl methyl sites for hydroxylation is 1. The molecule has 5 nitrogen and oxygen atoms in total. The number of hydrogen-bond acceptors (Lipinski definition) is 4. The fourth-order valence-electron chi connectivity index (χ4n) is 3.57. The predicted molar refractivity (Wildman–Crippen MR) is 114 cm³/mol. The molecule has 0 bridgehead atoms. The SMILES string of the molecule is CCCCNC(=O)c1ccc(N2CCN(c3ccccc3C)CC2)c(N)c1. The van der Waals surface area contributed by atoms with Crippen molar-refractivity contribution >= 4 is 23.0 Å². The van der Waals surface area contributed by atoms with Gasteiger partial charge in [-0.3, -0.25) is 4.79 Å². The van der Waals surface area contributed by atoms with Gasteiger partial charge in [-0.05, 0) is 43.2 Å². The molecule has 1 heterocycles. The summed E-state index contributed by atoms with van der Waals surface area (Å²) in [6, 6.07) is 14.2. The van der Waals surface area contributed by atoms with Crippen molar-refractivity contribution in [1.82, 2.24) is 5.32 Å². The number of carbonyl (C=O) groups excluding carboxylic acids is 1. The van der Waals surface area contributed by atoms with E-state index in [0.717, 1.165) is 44.7 Å². The smallest absolute Gasteiger partial charge is 0.251 e. The molecular formula is C22H30N4O. The minimum absolute atomic E-state index is 0.0499. The molecule has 2 aromatic carbocycles. The largest absolute Gasteiger partial charge is 0.397 e. The minimum atomic E-state index is -0.0499. The summed E-state index contributed by atoms with van der Waals surface area (Å²) in [5.74, 6) is -0.0499. The number of rotatable bonds is 6. The van der Waals surface area contributed by atoms with Crippen LogP contribution in [0.25, 0.3) is 0 Å². The van der Waals surface area contributed by atoms with Crippen molar-refractivity contribution in [2.45, 2.75) is 26.7 Å². The third-order valence-electron chi connectivity index (χ3n) is 5.18. The van der Waals surface area contributed by atoms with Crippen molar-refractivity contribution < 1.29 is 4.79 Å². The van der Waals surface area contributed by atoms with Gasteiger partial charge in [0.1, 0.15) is 0 Å². The van der Waals surface area contributed by atoms with E-state index >= 15 is 0 Å². The molecular weight excluding hydrogens is 336 g/mol. The molecule has 1 amide bonds. The van der Waals surface area contributed by atoms with Crippen LogP contribution in [0.1, 0.15) is 35.7 Å². The molecule has 27 heavy (non-hydrogen) atoms. The number of benzene rings is 2. The molecule has 2 aromatic rings. The molecule has 0 unspecified atom stereocenters. The summed E-state index contributed by atoms with van der Waals surface area (Å²) in [6.07, 6.45) is 2.06. The van der Waals surface area contributed by atoms with Gasteiger partial charge in [0, 0.05) is 44.0 Å². The maximum absolute atomic E-state index is 12.2. The van der Waals surface area contributed by atoms with Crippen LogP contribution >= 0.6 is 0 Å². The first kappa shape index (κ1) is 19.1. The molecule has 0 spiro atoms. The summed E-state index contributed by atoms with van der Waals surface area (Å²) in [7, 11) is 0. The number of unbranched alkanes of at least 4 members (excludes halogenated alkanes) is 1. The van der Waals surface area contributed by atoms with E-state index in [9.17, 15) is 4.79 Å². The van der Waals surface area contributed by atoms with E-state index in [-0.39, 0.29) is 5.91 Å². The molecule has 1 aliphatic rings. The normalized spacial score (nSPS) is 14.3. The Kier molecular flexibility index (Phi) is 6.22. The molecule has 3 N–H and O–H groups in total. The van der Waals surface area contributed by atoms with Gasteiger partial charge < -0.3 is 20.9 Å². The maximum atomic E-state index is 12.2. The van der Waals surface area contributed by atoms with E-state index in [0.29, 0.717) is 17.8 Å². The van der Waals surface area contributed by atoms with Gasteiger partial charge >= 0.3 is 0 Å². The zero-order valence-corrected chi connectivity index (χ0v) is 16.4. The lowest BCUT2D eigenvalue weighted by Crippen LogP contribution is -2.47. The van der Waals surface area contributed by atoms with Gasteiger partial charge in [0.15, 0.2) is 0 Å². The van der Waals surface area contributed by atoms with Crippen LogP contribution in [-0.4, -0.2) is 38.6 Å². The lowest BCUT2D eigenvalue weighted by Gasteiger charge is -2.38. The highest BCUT2D eigenvalue weighted by Crippen LogP contribution is 2.27. The van der Waals surface area contributed by atoms with Gasteiger partial charge in [-0.2, -0.15) is 0 Å². The summed E-state index contributed by atoms with van der Waals surface area (Å²) in [5.41, 5.74) is 11.2. The van der Waals surface area contributed by atoms with E-state index in [1.807, 2.05) is 12.1 Å². The summed E-state index contributed by atoms with van der Waals surface area (Å²) in [6.45, 7) is 8.73. The number of nitrogen functional groups attached to an aromatic ring is 1. The number of carbonyl (C=O) groups is 1. The van der Waals surface area contributed by atoms with Crippen LogP contribution in [0.5, 0.6) is 0 Å². The number of para-hydroxylation sites is 1. The Balaban J connectivity index is 1.63. The zero-order chi connectivity index (χ0) is 19.2. The van der Waals surface area contributed by atoms with Gasteiger partial charge in [-0.15, -0.1) is 0 Å². The van der Waals surface area contributed by atoms with Crippen LogP contribution in [0, 0.1) is 6.92 Å². The quantitative estimate of drug-likeness (QED) is 0.607. The van der Waals surface area contributed by atoms with Gasteiger partial charge in [0.25, 0.3) is 5.91 Å². The summed E-state index contributed by atoms with van der Waals surface area (Å²) in [5, 5.41) is 2.94. The van der Waals surface area contributed by atoms with E-state index in [4.69, 9.17) is 5.73 Å². The molecule has 0 atom stereocenters. The van der Waals surface area contributed by atoms with Crippen LogP contribution in [0.4, 0.5) is 17.1 Å². The number of nitrogens with two attached hydrogens (primary N) is 1. The summed E-state index contributed by atoms with van der Waals surface area (Å²) < 4.78 is 0. The van der Waals surface area contributed by atoms with Crippen molar-refractivity contribution in [3.8, 4) is 0 Å². The van der Waals surface area contributed by atoms with Crippen LogP contribution in [0.15, 0.2) is 42.5 Å². The molecule has 0 radical (unpaired) electrons. The first-order valence-corrected chi connectivity index (χ1v) is 9.83. The highest BCUT2D eigenvalue weighted by molar-refractivity contribution is 5.96. The van der Waals surface area contributed by atoms with Gasteiger partial charge in [0.05, 0.1) is 11.4 Å². The van der Waals surface area contributed by atoms with Gasteiger partial charge in [-0.1, -0.05) is 31.5 Å². The number of hydrogen-bond donors (Lipinski definition) is 2. The van der Waals surface area contributed by atoms with Crippen molar-refractivity contribution in [3.63, 3.8) is 0 Å². The lowest BCUT2D eigenvalue weighted by atomic mass is 10.1. The second-order valence-corrected chi connectivity index (χ2v) is 7.14. The number of piperazine rings is 1. The van der Waals surface area contributed by atoms with Crippen LogP contribution in [0.2, 0.25) is 0 Å². The molecule has 5 heteroatoms. The average molecular weight is 367 g/mol. The molecule has 0 saturated carbocycles. The second kappa shape index (κ2) is 8.80. The second-order valence-electron chi connectivity index (χ2n) is 7.14. The number of nitrogens with one attached hydrogen (secondary N) is 1. The molecule has 1 fully saturated rings. The van der Waals surface area contributed by atoms with Crippen LogP contribution in [-0.2, 0) is 0 Å². The van der Waals surface area contributed by atoms with Crippen molar-refractivity contribution in [2.75, 3.05) is 48.3 Å². The molecule has 3 rings (SSSR count). The third-order valence-corrected chi connectivity index (χ3v) is 5.18. The van der Waals surface area contributed by atoms with Gasteiger partial charge in [0.2, 0.25) is 0 Å². The van der Waals surface area contributed by atoms with E-state index in [2.05, 4.69) is 53.2 Å². The van der Waals surface area contributed by atoms with E-state index in [1.54, 1.807) is 6.07 Å². The lowest BCUT2D eigenvalue weighted by molar-refractivity contribution is 0.0953. The molecule has 0 aliphatic carbocycles.